The van der Waals surface area contributed by atoms with Crippen molar-refractivity contribution >= 4 is 0 Å². The number of hydrogen-bond donors (Lipinski definition) is 0. The summed E-state index contributed by atoms with van der Waals surface area (Å²) >= 11 is 0. The van der Waals surface area contributed by atoms with Crippen LogP contribution in [0.1, 0.15) is 56.9 Å². The molecule has 0 N–H and O–H groups in total. The Morgan fingerprint density at radius 2 is 1.61 bits per heavy atom. The number of ether oxygens (including phenoxy) is 1. The molecule has 0 unspecified atom stereocenters. The second-order valence-corrected chi connectivity index (χ2v) is 4.99. The molecule has 1 aromatic rings. The molecule has 0 aliphatic carbocycles. The average molecular weight is 247 g/mol. The van der Waals surface area contributed by atoms with Gasteiger partial charge in [-0.15, -0.1) is 0 Å². The zero-order valence-electron chi connectivity index (χ0n) is 11.8. The molecule has 1 rings (SSSR count). The maximum atomic E-state index is 5.72. The van der Waals surface area contributed by atoms with Crippen molar-refractivity contribution in [3.8, 4) is 5.75 Å². The van der Waals surface area contributed by atoms with Gasteiger partial charge in [-0.05, 0) is 31.0 Å². The molecule has 1 radical (unpaired) electrons. The second kappa shape index (κ2) is 9.99. The number of rotatable bonds is 10. The van der Waals surface area contributed by atoms with Crippen LogP contribution >= 0.6 is 0 Å². The molecule has 0 saturated heterocycles. The fourth-order valence-corrected chi connectivity index (χ4v) is 2.06. The Morgan fingerprint density at radius 1 is 0.944 bits per heavy atom. The fraction of sp³-hybridized carbons (Fsp3) is 0.588. The third kappa shape index (κ3) is 7.37. The maximum absolute atomic E-state index is 5.72. The molecule has 1 aromatic carbocycles. The number of aryl methyl sites for hydroxylation is 1. The Bertz CT molecular complexity index is 306. The summed E-state index contributed by atoms with van der Waals surface area (Å²) in [6.45, 7) is 6.81. The number of hydrogen-bond acceptors (Lipinski definition) is 1. The van der Waals surface area contributed by atoms with Crippen molar-refractivity contribution in [1.29, 1.82) is 0 Å². The topological polar surface area (TPSA) is 9.23 Å². The fourth-order valence-electron chi connectivity index (χ4n) is 2.06. The molecule has 1 heteroatoms. The van der Waals surface area contributed by atoms with Gasteiger partial charge < -0.3 is 4.74 Å². The quantitative estimate of drug-likeness (QED) is 0.508. The predicted octanol–water partition coefficient (Wildman–Crippen LogP) is 5.33. The SMILES string of the molecule is [CH2]CCCCCCCCCOc1cccc(C)c1. The van der Waals surface area contributed by atoms with Crippen LogP contribution in [0.2, 0.25) is 0 Å². The van der Waals surface area contributed by atoms with Crippen molar-refractivity contribution in [2.24, 2.45) is 0 Å². The first-order valence-corrected chi connectivity index (χ1v) is 7.31. The molecule has 0 spiro atoms. The third-order valence-corrected chi connectivity index (χ3v) is 3.15. The molecule has 0 bridgehead atoms. The highest BCUT2D eigenvalue weighted by molar-refractivity contribution is 5.27. The summed E-state index contributed by atoms with van der Waals surface area (Å²) in [5.74, 6) is 1.01. The van der Waals surface area contributed by atoms with E-state index in [0.29, 0.717) is 0 Å². The smallest absolute Gasteiger partial charge is 0.119 e. The molecule has 0 heterocycles. The number of benzene rings is 1. The predicted molar refractivity (Wildman–Crippen MR) is 79.0 cm³/mol. The molecule has 18 heavy (non-hydrogen) atoms. The Kier molecular flexibility index (Phi) is 8.37. The van der Waals surface area contributed by atoms with Crippen molar-refractivity contribution in [3.63, 3.8) is 0 Å². The van der Waals surface area contributed by atoms with Crippen molar-refractivity contribution in [2.45, 2.75) is 58.3 Å². The molecule has 0 atom stereocenters. The Hall–Kier alpha value is -0.980. The van der Waals surface area contributed by atoms with Crippen LogP contribution in [0.4, 0.5) is 0 Å². The molecular weight excluding hydrogens is 220 g/mol. The van der Waals surface area contributed by atoms with E-state index in [1.54, 1.807) is 0 Å². The molecule has 0 saturated carbocycles. The van der Waals surface area contributed by atoms with Crippen LogP contribution in [0, 0.1) is 13.8 Å². The lowest BCUT2D eigenvalue weighted by Gasteiger charge is -2.06. The molecular formula is C17H27O. The highest BCUT2D eigenvalue weighted by atomic mass is 16.5. The zero-order valence-corrected chi connectivity index (χ0v) is 11.8. The normalized spacial score (nSPS) is 10.6. The van der Waals surface area contributed by atoms with E-state index in [1.807, 2.05) is 12.1 Å². The summed E-state index contributed by atoms with van der Waals surface area (Å²) in [5.41, 5.74) is 1.26. The van der Waals surface area contributed by atoms with E-state index >= 15 is 0 Å². The van der Waals surface area contributed by atoms with E-state index in [4.69, 9.17) is 4.74 Å². The first kappa shape index (κ1) is 15.1. The Labute approximate surface area is 113 Å². The van der Waals surface area contributed by atoms with Crippen molar-refractivity contribution in [1.82, 2.24) is 0 Å². The molecule has 1 nitrogen and oxygen atoms in total. The van der Waals surface area contributed by atoms with Gasteiger partial charge in [0.05, 0.1) is 6.61 Å². The van der Waals surface area contributed by atoms with Gasteiger partial charge in [-0.25, -0.2) is 0 Å². The summed E-state index contributed by atoms with van der Waals surface area (Å²) in [6.07, 6.45) is 10.3. The van der Waals surface area contributed by atoms with Crippen molar-refractivity contribution in [3.05, 3.63) is 36.8 Å². The lowest BCUT2D eigenvalue weighted by molar-refractivity contribution is 0.304. The Morgan fingerprint density at radius 3 is 2.28 bits per heavy atom. The van der Waals surface area contributed by atoms with Gasteiger partial charge in [0.1, 0.15) is 5.75 Å². The van der Waals surface area contributed by atoms with E-state index < -0.39 is 0 Å². The molecule has 0 amide bonds. The minimum Gasteiger partial charge on any atom is -0.494 e. The zero-order chi connectivity index (χ0) is 13.1. The van der Waals surface area contributed by atoms with Crippen molar-refractivity contribution < 1.29 is 4.74 Å². The van der Waals surface area contributed by atoms with Gasteiger partial charge in [-0.1, -0.05) is 64.0 Å². The summed E-state index contributed by atoms with van der Waals surface area (Å²) in [7, 11) is 0. The van der Waals surface area contributed by atoms with E-state index in [1.165, 1.54) is 50.5 Å². The molecule has 0 aliphatic heterocycles. The highest BCUT2D eigenvalue weighted by Gasteiger charge is 1.95. The van der Waals surface area contributed by atoms with Crippen LogP contribution in [-0.4, -0.2) is 6.61 Å². The van der Waals surface area contributed by atoms with Crippen LogP contribution in [0.3, 0.4) is 0 Å². The van der Waals surface area contributed by atoms with Gasteiger partial charge >= 0.3 is 0 Å². The van der Waals surface area contributed by atoms with Gasteiger partial charge in [0.2, 0.25) is 0 Å². The van der Waals surface area contributed by atoms with Gasteiger partial charge in [-0.2, -0.15) is 0 Å². The molecule has 101 valence electrons. The van der Waals surface area contributed by atoms with E-state index in [9.17, 15) is 0 Å². The highest BCUT2D eigenvalue weighted by Crippen LogP contribution is 2.13. The summed E-state index contributed by atoms with van der Waals surface area (Å²) in [4.78, 5) is 0. The van der Waals surface area contributed by atoms with Gasteiger partial charge in [0, 0.05) is 0 Å². The minimum atomic E-state index is 0.850. The van der Waals surface area contributed by atoms with E-state index in [0.717, 1.165) is 18.8 Å². The van der Waals surface area contributed by atoms with Crippen LogP contribution in [0.5, 0.6) is 5.75 Å². The first-order chi connectivity index (χ1) is 8.83. The van der Waals surface area contributed by atoms with E-state index in [-0.39, 0.29) is 0 Å². The van der Waals surface area contributed by atoms with Gasteiger partial charge in [0.25, 0.3) is 0 Å². The summed E-state index contributed by atoms with van der Waals surface area (Å²) in [6, 6.07) is 8.27. The summed E-state index contributed by atoms with van der Waals surface area (Å²) < 4.78 is 5.72. The van der Waals surface area contributed by atoms with Crippen LogP contribution in [0.15, 0.2) is 24.3 Å². The molecule has 0 aliphatic rings. The third-order valence-electron chi connectivity index (χ3n) is 3.15. The first-order valence-electron chi connectivity index (χ1n) is 7.31. The van der Waals surface area contributed by atoms with Crippen LogP contribution in [0.25, 0.3) is 0 Å². The van der Waals surface area contributed by atoms with Crippen molar-refractivity contribution in [2.75, 3.05) is 6.61 Å². The maximum Gasteiger partial charge on any atom is 0.119 e. The van der Waals surface area contributed by atoms with E-state index in [2.05, 4.69) is 26.0 Å². The monoisotopic (exact) mass is 247 g/mol. The van der Waals surface area contributed by atoms with Gasteiger partial charge in [0.15, 0.2) is 0 Å². The number of unbranched alkanes of at least 4 members (excludes halogenated alkanes) is 7. The van der Waals surface area contributed by atoms with Crippen LogP contribution < -0.4 is 4.74 Å². The lowest BCUT2D eigenvalue weighted by atomic mass is 10.1. The lowest BCUT2D eigenvalue weighted by Crippen LogP contribution is -1.97. The second-order valence-electron chi connectivity index (χ2n) is 4.99. The summed E-state index contributed by atoms with van der Waals surface area (Å²) in [5, 5.41) is 0. The standard InChI is InChI=1S/C17H27O/c1-3-4-5-6-7-8-9-10-14-18-17-13-11-12-16(2)15-17/h11-13,15H,1,3-10,14H2,2H3. The van der Waals surface area contributed by atoms with Gasteiger partial charge in [-0.3, -0.25) is 0 Å². The molecule has 0 aromatic heterocycles. The largest absolute Gasteiger partial charge is 0.494 e. The minimum absolute atomic E-state index is 0.850. The molecule has 0 fully saturated rings. The average Bonchev–Trinajstić information content (AvgIpc) is 2.37. The van der Waals surface area contributed by atoms with Crippen LogP contribution in [-0.2, 0) is 0 Å². The Balaban J connectivity index is 1.92.